The van der Waals surface area contributed by atoms with E-state index in [0.29, 0.717) is 12.3 Å². The van der Waals surface area contributed by atoms with Gasteiger partial charge in [-0.2, -0.15) is 4.98 Å². The van der Waals surface area contributed by atoms with Crippen LogP contribution in [0, 0.1) is 0 Å². The second-order valence-corrected chi connectivity index (χ2v) is 5.54. The quantitative estimate of drug-likeness (QED) is 0.891. The molecule has 1 N–H and O–H groups in total. The first-order chi connectivity index (χ1) is 8.61. The van der Waals surface area contributed by atoms with Crippen LogP contribution in [-0.2, 0) is 11.2 Å². The van der Waals surface area contributed by atoms with Gasteiger partial charge >= 0.3 is 0 Å². The zero-order chi connectivity index (χ0) is 13.0. The lowest BCUT2D eigenvalue weighted by Crippen LogP contribution is -2.26. The van der Waals surface area contributed by atoms with Crippen molar-refractivity contribution in [2.75, 3.05) is 13.7 Å². The van der Waals surface area contributed by atoms with Crippen molar-refractivity contribution in [2.45, 2.75) is 57.6 Å². The van der Waals surface area contributed by atoms with Gasteiger partial charge in [0.2, 0.25) is 5.89 Å². The summed E-state index contributed by atoms with van der Waals surface area (Å²) >= 11 is 0. The number of rotatable bonds is 4. The van der Waals surface area contributed by atoms with Crippen LogP contribution >= 0.6 is 0 Å². The molecule has 0 saturated carbocycles. The Labute approximate surface area is 108 Å². The summed E-state index contributed by atoms with van der Waals surface area (Å²) in [7, 11) is 1.70. The molecule has 1 aromatic rings. The molecule has 2 rings (SSSR count). The average molecular weight is 253 g/mol. The first-order valence-electron chi connectivity index (χ1n) is 6.72. The smallest absolute Gasteiger partial charge is 0.229 e. The van der Waals surface area contributed by atoms with Gasteiger partial charge in [0, 0.05) is 7.11 Å². The van der Waals surface area contributed by atoms with Crippen molar-refractivity contribution in [1.29, 1.82) is 0 Å². The molecule has 0 bridgehead atoms. The molecule has 0 spiro atoms. The minimum Gasteiger partial charge on any atom is -0.378 e. The van der Waals surface area contributed by atoms with Crippen molar-refractivity contribution in [3.63, 3.8) is 0 Å². The standard InChI is InChI=1S/C13H23N3O2/c1-13(2,17-3)9-11-15-12(16-18-11)10-7-5-4-6-8-14-10/h10,14H,4-9H2,1-3H3. The van der Waals surface area contributed by atoms with Crippen LogP contribution in [0.5, 0.6) is 0 Å². The third kappa shape index (κ3) is 3.53. The Morgan fingerprint density at radius 1 is 1.39 bits per heavy atom. The lowest BCUT2D eigenvalue weighted by atomic mass is 10.1. The van der Waals surface area contributed by atoms with Gasteiger partial charge in [0.25, 0.3) is 0 Å². The first kappa shape index (κ1) is 13.5. The van der Waals surface area contributed by atoms with Crippen LogP contribution in [-0.4, -0.2) is 29.4 Å². The Balaban J connectivity index is 2.00. The molecule has 1 saturated heterocycles. The predicted molar refractivity (Wildman–Crippen MR) is 68.3 cm³/mol. The Morgan fingerprint density at radius 3 is 3.00 bits per heavy atom. The zero-order valence-electron chi connectivity index (χ0n) is 11.5. The molecule has 1 aliphatic heterocycles. The fourth-order valence-corrected chi connectivity index (χ4v) is 2.17. The fraction of sp³-hybridized carbons (Fsp3) is 0.846. The van der Waals surface area contributed by atoms with Crippen LogP contribution in [0.3, 0.4) is 0 Å². The highest BCUT2D eigenvalue weighted by Crippen LogP contribution is 2.21. The molecule has 102 valence electrons. The summed E-state index contributed by atoms with van der Waals surface area (Å²) in [5.74, 6) is 1.45. The average Bonchev–Trinajstić information content (AvgIpc) is 2.64. The van der Waals surface area contributed by atoms with Gasteiger partial charge < -0.3 is 14.6 Å². The summed E-state index contributed by atoms with van der Waals surface area (Å²) in [6, 6.07) is 0.246. The summed E-state index contributed by atoms with van der Waals surface area (Å²) in [6.07, 6.45) is 5.48. The minimum absolute atomic E-state index is 0.246. The van der Waals surface area contributed by atoms with E-state index in [2.05, 4.69) is 15.5 Å². The van der Waals surface area contributed by atoms with Gasteiger partial charge in [-0.15, -0.1) is 0 Å². The zero-order valence-corrected chi connectivity index (χ0v) is 11.5. The maximum absolute atomic E-state index is 5.37. The van der Waals surface area contributed by atoms with E-state index in [1.807, 2.05) is 13.8 Å². The van der Waals surface area contributed by atoms with Crippen molar-refractivity contribution >= 4 is 0 Å². The van der Waals surface area contributed by atoms with Crippen LogP contribution in [0.1, 0.15) is 57.3 Å². The normalized spacial score (nSPS) is 21.8. The van der Waals surface area contributed by atoms with Crippen LogP contribution < -0.4 is 5.32 Å². The lowest BCUT2D eigenvalue weighted by Gasteiger charge is -2.20. The van der Waals surface area contributed by atoms with Gasteiger partial charge in [-0.1, -0.05) is 18.0 Å². The molecule has 1 atom stereocenters. The molecule has 0 aliphatic carbocycles. The van der Waals surface area contributed by atoms with Gasteiger partial charge in [-0.3, -0.25) is 0 Å². The molecule has 0 radical (unpaired) electrons. The van der Waals surface area contributed by atoms with Crippen molar-refractivity contribution < 1.29 is 9.26 Å². The first-order valence-corrected chi connectivity index (χ1v) is 6.72. The number of hydrogen-bond acceptors (Lipinski definition) is 5. The Kier molecular flexibility index (Phi) is 4.35. The van der Waals surface area contributed by atoms with Crippen LogP contribution in [0.25, 0.3) is 0 Å². The van der Waals surface area contributed by atoms with Gasteiger partial charge in [-0.05, 0) is 33.2 Å². The molecule has 1 fully saturated rings. The Bertz CT molecular complexity index is 368. The molecular weight excluding hydrogens is 230 g/mol. The van der Waals surface area contributed by atoms with Crippen LogP contribution in [0.4, 0.5) is 0 Å². The molecule has 5 heteroatoms. The van der Waals surface area contributed by atoms with E-state index in [-0.39, 0.29) is 11.6 Å². The topological polar surface area (TPSA) is 60.2 Å². The second-order valence-electron chi connectivity index (χ2n) is 5.54. The summed E-state index contributed by atoms with van der Waals surface area (Å²) in [5.41, 5.74) is -0.263. The van der Waals surface area contributed by atoms with E-state index in [9.17, 15) is 0 Å². The summed E-state index contributed by atoms with van der Waals surface area (Å²) < 4.78 is 10.7. The van der Waals surface area contributed by atoms with E-state index in [4.69, 9.17) is 9.26 Å². The van der Waals surface area contributed by atoms with Gasteiger partial charge in [0.05, 0.1) is 18.1 Å². The minimum atomic E-state index is -0.263. The van der Waals surface area contributed by atoms with Crippen LogP contribution in [0.15, 0.2) is 4.52 Å². The van der Waals surface area contributed by atoms with Gasteiger partial charge in [0.15, 0.2) is 5.82 Å². The summed E-state index contributed by atoms with van der Waals surface area (Å²) in [6.45, 7) is 5.07. The highest BCUT2D eigenvalue weighted by Gasteiger charge is 2.24. The molecule has 5 nitrogen and oxygen atoms in total. The van der Waals surface area contributed by atoms with Gasteiger partial charge in [-0.25, -0.2) is 0 Å². The molecule has 18 heavy (non-hydrogen) atoms. The fourth-order valence-electron chi connectivity index (χ4n) is 2.17. The largest absolute Gasteiger partial charge is 0.378 e. The summed E-state index contributed by atoms with van der Waals surface area (Å²) in [5, 5.41) is 7.57. The molecule has 1 aliphatic rings. The van der Waals surface area contributed by atoms with E-state index >= 15 is 0 Å². The number of aromatic nitrogens is 2. The van der Waals surface area contributed by atoms with E-state index in [1.54, 1.807) is 7.11 Å². The predicted octanol–water partition coefficient (Wildman–Crippen LogP) is 2.24. The molecule has 0 aromatic carbocycles. The maximum atomic E-state index is 5.37. The third-order valence-electron chi connectivity index (χ3n) is 3.49. The third-order valence-corrected chi connectivity index (χ3v) is 3.49. The number of nitrogens with one attached hydrogen (secondary N) is 1. The van der Waals surface area contributed by atoms with E-state index < -0.39 is 0 Å². The highest BCUT2D eigenvalue weighted by molar-refractivity contribution is 4.97. The van der Waals surface area contributed by atoms with Crippen molar-refractivity contribution in [2.24, 2.45) is 0 Å². The molecule has 1 aromatic heterocycles. The van der Waals surface area contributed by atoms with Crippen molar-refractivity contribution in [3.8, 4) is 0 Å². The summed E-state index contributed by atoms with van der Waals surface area (Å²) in [4.78, 5) is 4.49. The number of nitrogens with zero attached hydrogens (tertiary/aromatic N) is 2. The second kappa shape index (κ2) is 5.80. The Morgan fingerprint density at radius 2 is 2.22 bits per heavy atom. The monoisotopic (exact) mass is 253 g/mol. The SMILES string of the molecule is COC(C)(C)Cc1nc(C2CCCCCN2)no1. The van der Waals surface area contributed by atoms with E-state index in [1.165, 1.54) is 19.3 Å². The molecule has 1 unspecified atom stereocenters. The Hall–Kier alpha value is -0.940. The van der Waals surface area contributed by atoms with Crippen molar-refractivity contribution in [1.82, 2.24) is 15.5 Å². The van der Waals surface area contributed by atoms with Crippen LogP contribution in [0.2, 0.25) is 0 Å². The molecule has 0 amide bonds. The maximum Gasteiger partial charge on any atom is 0.229 e. The van der Waals surface area contributed by atoms with Gasteiger partial charge in [0.1, 0.15) is 0 Å². The highest BCUT2D eigenvalue weighted by atomic mass is 16.5. The number of methoxy groups -OCH3 is 1. The number of hydrogen-bond donors (Lipinski definition) is 1. The molecule has 2 heterocycles. The molecular formula is C13H23N3O2. The number of ether oxygens (including phenoxy) is 1. The lowest BCUT2D eigenvalue weighted by molar-refractivity contribution is 0.0170. The van der Waals surface area contributed by atoms with Crippen molar-refractivity contribution in [3.05, 3.63) is 11.7 Å². The van der Waals surface area contributed by atoms with E-state index in [0.717, 1.165) is 18.8 Å².